The van der Waals surface area contributed by atoms with E-state index >= 15 is 0 Å². The molecule has 3 aromatic rings. The first-order valence-corrected chi connectivity index (χ1v) is 13.0. The van der Waals surface area contributed by atoms with E-state index in [2.05, 4.69) is 15.6 Å². The van der Waals surface area contributed by atoms with Gasteiger partial charge in [-0.3, -0.25) is 14.4 Å². The van der Waals surface area contributed by atoms with Gasteiger partial charge in [0.1, 0.15) is 10.9 Å². The summed E-state index contributed by atoms with van der Waals surface area (Å²) >= 11 is 3.00. The van der Waals surface area contributed by atoms with Crippen LogP contribution in [0.4, 0.5) is 5.69 Å². The maximum Gasteiger partial charge on any atom is 0.263 e. The molecule has 3 heterocycles. The first kappa shape index (κ1) is 22.6. The summed E-state index contributed by atoms with van der Waals surface area (Å²) in [5, 5.41) is 6.70. The smallest absolute Gasteiger partial charge is 0.263 e. The summed E-state index contributed by atoms with van der Waals surface area (Å²) in [6.45, 7) is 4.05. The number of carbonyl (C=O) groups is 3. The van der Waals surface area contributed by atoms with Crippen molar-refractivity contribution in [3.05, 3.63) is 63.6 Å². The van der Waals surface area contributed by atoms with Crippen molar-refractivity contribution < 1.29 is 14.4 Å². The Kier molecular flexibility index (Phi) is 5.91. The van der Waals surface area contributed by atoms with Crippen LogP contribution in [0.5, 0.6) is 0 Å². The number of thiazole rings is 1. The fourth-order valence-electron chi connectivity index (χ4n) is 4.63. The molecule has 34 heavy (non-hydrogen) atoms. The monoisotopic (exact) mass is 492 g/mol. The quantitative estimate of drug-likeness (QED) is 0.535. The van der Waals surface area contributed by atoms with E-state index in [1.807, 2.05) is 49.6 Å². The molecule has 2 unspecified atom stereocenters. The molecule has 0 saturated carbocycles. The van der Waals surface area contributed by atoms with E-state index in [0.717, 1.165) is 16.1 Å². The number of hydrogen-bond acceptors (Lipinski definition) is 6. The molecule has 7 nitrogen and oxygen atoms in total. The Morgan fingerprint density at radius 3 is 2.56 bits per heavy atom. The zero-order valence-electron chi connectivity index (χ0n) is 19.0. The number of anilines is 1. The lowest BCUT2D eigenvalue weighted by Crippen LogP contribution is -2.51. The number of carbonyl (C=O) groups excluding carboxylic acids is 3. The Labute approximate surface area is 206 Å². The summed E-state index contributed by atoms with van der Waals surface area (Å²) < 4.78 is 0. The normalized spacial score (nSPS) is 19.3. The van der Waals surface area contributed by atoms with E-state index in [1.54, 1.807) is 29.7 Å². The molecule has 5 rings (SSSR count). The number of rotatable bonds is 4. The fraction of sp³-hybridized carbons (Fsp3) is 0.280. The molecule has 1 fully saturated rings. The number of hydrogen-bond donors (Lipinski definition) is 2. The highest BCUT2D eigenvalue weighted by molar-refractivity contribution is 7.98. The zero-order chi connectivity index (χ0) is 24.0. The second-order valence-corrected chi connectivity index (χ2v) is 10.5. The first-order valence-electron chi connectivity index (χ1n) is 11.0. The average Bonchev–Trinajstić information content (AvgIpc) is 3.38. The number of thioether (sulfide) groups is 1. The average molecular weight is 493 g/mol. The third-order valence-corrected chi connectivity index (χ3v) is 8.10. The predicted octanol–water partition coefficient (Wildman–Crippen LogP) is 4.11. The SMILES string of the molecule is CSc1ccc(-c2ccc3c(c2)C(=O)N2CCC(NC(=O)c4sc(C)nc4C)C2C(=O)N3)cc1. The van der Waals surface area contributed by atoms with E-state index in [9.17, 15) is 14.4 Å². The largest absolute Gasteiger partial charge is 0.346 e. The highest BCUT2D eigenvalue weighted by Gasteiger charge is 2.45. The van der Waals surface area contributed by atoms with Crippen LogP contribution in [0.25, 0.3) is 11.1 Å². The molecule has 2 aliphatic heterocycles. The minimum Gasteiger partial charge on any atom is -0.346 e. The van der Waals surface area contributed by atoms with Gasteiger partial charge < -0.3 is 15.5 Å². The van der Waals surface area contributed by atoms with Crippen molar-refractivity contribution in [2.24, 2.45) is 0 Å². The third kappa shape index (κ3) is 3.99. The molecule has 0 spiro atoms. The van der Waals surface area contributed by atoms with Crippen LogP contribution in [0, 0.1) is 13.8 Å². The van der Waals surface area contributed by atoms with Gasteiger partial charge in [0.2, 0.25) is 5.91 Å². The van der Waals surface area contributed by atoms with Crippen molar-refractivity contribution in [1.82, 2.24) is 15.2 Å². The van der Waals surface area contributed by atoms with Crippen LogP contribution in [-0.2, 0) is 4.79 Å². The highest BCUT2D eigenvalue weighted by Crippen LogP contribution is 2.33. The lowest BCUT2D eigenvalue weighted by atomic mass is 10.0. The van der Waals surface area contributed by atoms with Gasteiger partial charge in [-0.15, -0.1) is 23.1 Å². The molecule has 2 aromatic carbocycles. The summed E-state index contributed by atoms with van der Waals surface area (Å²) in [5.74, 6) is -0.750. The minimum absolute atomic E-state index is 0.206. The van der Waals surface area contributed by atoms with Gasteiger partial charge in [-0.25, -0.2) is 4.98 Å². The van der Waals surface area contributed by atoms with Crippen molar-refractivity contribution >= 4 is 46.5 Å². The zero-order valence-corrected chi connectivity index (χ0v) is 20.7. The molecule has 2 aliphatic rings. The Balaban J connectivity index is 1.41. The molecule has 1 saturated heterocycles. The molecular formula is C25H24N4O3S2. The molecule has 3 amide bonds. The van der Waals surface area contributed by atoms with Crippen molar-refractivity contribution in [3.8, 4) is 11.1 Å². The van der Waals surface area contributed by atoms with Gasteiger partial charge in [0.15, 0.2) is 0 Å². The summed E-state index contributed by atoms with van der Waals surface area (Å²) in [6, 6.07) is 12.4. The van der Waals surface area contributed by atoms with Gasteiger partial charge in [-0.1, -0.05) is 18.2 Å². The molecule has 2 N–H and O–H groups in total. The van der Waals surface area contributed by atoms with E-state index < -0.39 is 12.1 Å². The van der Waals surface area contributed by atoms with Gasteiger partial charge in [-0.2, -0.15) is 0 Å². The molecule has 1 aromatic heterocycles. The maximum absolute atomic E-state index is 13.5. The number of fused-ring (bicyclic) bond motifs is 2. The van der Waals surface area contributed by atoms with Gasteiger partial charge in [-0.05, 0) is 61.9 Å². The topological polar surface area (TPSA) is 91.4 Å². The van der Waals surface area contributed by atoms with Crippen molar-refractivity contribution in [1.29, 1.82) is 0 Å². The van der Waals surface area contributed by atoms with Gasteiger partial charge >= 0.3 is 0 Å². The van der Waals surface area contributed by atoms with Gasteiger partial charge in [0, 0.05) is 11.4 Å². The first-order chi connectivity index (χ1) is 16.4. The van der Waals surface area contributed by atoms with Crippen LogP contribution < -0.4 is 10.6 Å². The maximum atomic E-state index is 13.5. The van der Waals surface area contributed by atoms with Crippen LogP contribution in [-0.4, -0.2) is 52.5 Å². The molecule has 0 aliphatic carbocycles. The minimum atomic E-state index is -0.762. The van der Waals surface area contributed by atoms with E-state index in [0.29, 0.717) is 34.8 Å². The van der Waals surface area contributed by atoms with Crippen molar-refractivity contribution in [2.45, 2.75) is 37.2 Å². The molecule has 0 radical (unpaired) electrons. The summed E-state index contributed by atoms with van der Waals surface area (Å²) in [7, 11) is 0. The lowest BCUT2D eigenvalue weighted by molar-refractivity contribution is -0.120. The lowest BCUT2D eigenvalue weighted by Gasteiger charge is -2.24. The molecule has 9 heteroatoms. The summed E-state index contributed by atoms with van der Waals surface area (Å²) in [4.78, 5) is 47.1. The molecular weight excluding hydrogens is 468 g/mol. The number of benzene rings is 2. The Morgan fingerprint density at radius 2 is 1.88 bits per heavy atom. The Bertz CT molecular complexity index is 1300. The van der Waals surface area contributed by atoms with E-state index in [1.165, 1.54) is 16.2 Å². The number of aryl methyl sites for hydroxylation is 2. The summed E-state index contributed by atoms with van der Waals surface area (Å²) in [6.07, 6.45) is 2.54. The fourth-order valence-corrected chi connectivity index (χ4v) is 5.86. The second kappa shape index (κ2) is 8.88. The van der Waals surface area contributed by atoms with Crippen LogP contribution >= 0.6 is 23.1 Å². The third-order valence-electron chi connectivity index (χ3n) is 6.28. The van der Waals surface area contributed by atoms with Crippen molar-refractivity contribution in [3.63, 3.8) is 0 Å². The number of amides is 3. The Hall–Kier alpha value is -3.17. The van der Waals surface area contributed by atoms with Crippen LogP contribution in [0.15, 0.2) is 47.4 Å². The summed E-state index contributed by atoms with van der Waals surface area (Å²) in [5.41, 5.74) is 3.53. The second-order valence-electron chi connectivity index (χ2n) is 8.44. The predicted molar refractivity (Wildman–Crippen MR) is 135 cm³/mol. The Morgan fingerprint density at radius 1 is 1.15 bits per heavy atom. The van der Waals surface area contributed by atoms with Crippen LogP contribution in [0.2, 0.25) is 0 Å². The standard InChI is InChI=1S/C25H24N4O3S2/c1-13-22(34-14(2)26-13)24(31)28-20-10-11-29-21(20)23(30)27-19-9-6-16(12-18(19)25(29)32)15-4-7-17(33-3)8-5-15/h4-9,12,20-21H,10-11H2,1-3H3,(H,27,30)(H,28,31). The van der Waals surface area contributed by atoms with Crippen LogP contribution in [0.3, 0.4) is 0 Å². The number of nitrogens with zero attached hydrogens (tertiary/aromatic N) is 2. The number of nitrogens with one attached hydrogen (secondary N) is 2. The number of aromatic nitrogens is 1. The van der Waals surface area contributed by atoms with Gasteiger partial charge in [0.05, 0.1) is 28.0 Å². The van der Waals surface area contributed by atoms with E-state index in [4.69, 9.17) is 0 Å². The highest BCUT2D eigenvalue weighted by atomic mass is 32.2. The van der Waals surface area contributed by atoms with E-state index in [-0.39, 0.29) is 17.7 Å². The van der Waals surface area contributed by atoms with Crippen molar-refractivity contribution in [2.75, 3.05) is 18.1 Å². The molecule has 0 bridgehead atoms. The van der Waals surface area contributed by atoms with Crippen LogP contribution in [0.1, 0.15) is 37.2 Å². The molecule has 174 valence electrons. The molecule has 2 atom stereocenters. The van der Waals surface area contributed by atoms with Gasteiger partial charge in [0.25, 0.3) is 11.8 Å².